The highest BCUT2D eigenvalue weighted by Crippen LogP contribution is 2.38. The van der Waals surface area contributed by atoms with Gasteiger partial charge in [0.15, 0.2) is 0 Å². The van der Waals surface area contributed by atoms with Gasteiger partial charge in [-0.25, -0.2) is 9.82 Å². The van der Waals surface area contributed by atoms with Crippen molar-refractivity contribution in [3.8, 4) is 5.69 Å². The Hall–Kier alpha value is -3.67. The molecule has 0 atom stereocenters. The van der Waals surface area contributed by atoms with Crippen molar-refractivity contribution in [2.24, 2.45) is 5.10 Å². The molecule has 6 heteroatoms. The van der Waals surface area contributed by atoms with Gasteiger partial charge in [-0.1, -0.05) is 12.1 Å². The standard InChI is InChI=1S/C27H29FN4O/c1-17-15-27(4,5)31(6)25-14-24(28)21(13-23(17)25)16-29-30-26(33)20-8-7-9-22(12-20)32-18(2)10-11-19(32)3/h7-16H,1-6H3,(H,30,33)/b29-16-. The van der Waals surface area contributed by atoms with E-state index in [1.165, 1.54) is 12.3 Å². The molecule has 1 aliphatic rings. The summed E-state index contributed by atoms with van der Waals surface area (Å²) < 4.78 is 16.9. The summed E-state index contributed by atoms with van der Waals surface area (Å²) in [5, 5.41) is 4.02. The molecule has 0 bridgehead atoms. The van der Waals surface area contributed by atoms with E-state index in [1.54, 1.807) is 12.1 Å². The molecule has 33 heavy (non-hydrogen) atoms. The summed E-state index contributed by atoms with van der Waals surface area (Å²) in [7, 11) is 1.96. The molecule has 1 amide bonds. The SMILES string of the molecule is CC1=CC(C)(C)N(C)c2cc(F)c(/C=N\NC(=O)c3cccc(-n4c(C)ccc4C)c3)cc21. The minimum Gasteiger partial charge on any atom is -0.365 e. The van der Waals surface area contributed by atoms with Crippen molar-refractivity contribution in [1.82, 2.24) is 9.99 Å². The lowest BCUT2D eigenvalue weighted by Crippen LogP contribution is -2.42. The summed E-state index contributed by atoms with van der Waals surface area (Å²) in [5.41, 5.74) is 9.08. The average Bonchev–Trinajstić information content (AvgIpc) is 3.10. The van der Waals surface area contributed by atoms with Crippen molar-refractivity contribution in [3.05, 3.63) is 88.5 Å². The van der Waals surface area contributed by atoms with E-state index in [0.717, 1.165) is 33.9 Å². The van der Waals surface area contributed by atoms with E-state index in [9.17, 15) is 9.18 Å². The van der Waals surface area contributed by atoms with Gasteiger partial charge in [-0.15, -0.1) is 0 Å². The Bertz CT molecular complexity index is 1280. The second-order valence-electron chi connectivity index (χ2n) is 9.13. The highest BCUT2D eigenvalue weighted by atomic mass is 19.1. The minimum atomic E-state index is -0.385. The topological polar surface area (TPSA) is 49.6 Å². The fourth-order valence-corrected chi connectivity index (χ4v) is 4.37. The quantitative estimate of drug-likeness (QED) is 0.419. The number of aromatic nitrogens is 1. The van der Waals surface area contributed by atoms with Crippen LogP contribution in [0.25, 0.3) is 11.3 Å². The minimum absolute atomic E-state index is 0.195. The third kappa shape index (κ3) is 4.21. The van der Waals surface area contributed by atoms with E-state index in [0.29, 0.717) is 11.1 Å². The van der Waals surface area contributed by atoms with Crippen LogP contribution < -0.4 is 10.3 Å². The molecule has 0 spiro atoms. The van der Waals surface area contributed by atoms with Crippen molar-refractivity contribution in [2.45, 2.75) is 40.2 Å². The van der Waals surface area contributed by atoms with E-state index >= 15 is 0 Å². The molecule has 1 aromatic heterocycles. The maximum Gasteiger partial charge on any atom is 0.271 e. The molecule has 0 saturated carbocycles. The van der Waals surface area contributed by atoms with Gasteiger partial charge in [-0.2, -0.15) is 5.10 Å². The number of benzene rings is 2. The zero-order chi connectivity index (χ0) is 23.9. The number of aryl methyl sites for hydroxylation is 2. The Morgan fingerprint density at radius 3 is 2.45 bits per heavy atom. The van der Waals surface area contributed by atoms with E-state index in [4.69, 9.17) is 0 Å². The van der Waals surface area contributed by atoms with Gasteiger partial charge in [0.2, 0.25) is 0 Å². The van der Waals surface area contributed by atoms with Crippen LogP contribution in [0, 0.1) is 19.7 Å². The summed E-state index contributed by atoms with van der Waals surface area (Å²) in [5.74, 6) is -0.740. The number of nitrogens with zero attached hydrogens (tertiary/aromatic N) is 3. The van der Waals surface area contributed by atoms with Crippen molar-refractivity contribution >= 4 is 23.4 Å². The van der Waals surface area contributed by atoms with Gasteiger partial charge in [-0.05, 0) is 82.7 Å². The van der Waals surface area contributed by atoms with Crippen LogP contribution in [-0.4, -0.2) is 29.3 Å². The monoisotopic (exact) mass is 444 g/mol. The second-order valence-corrected chi connectivity index (χ2v) is 9.13. The van der Waals surface area contributed by atoms with Gasteiger partial charge in [0.1, 0.15) is 5.82 Å². The van der Waals surface area contributed by atoms with Crippen LogP contribution in [0.2, 0.25) is 0 Å². The molecule has 0 saturated heterocycles. The van der Waals surface area contributed by atoms with E-state index in [2.05, 4.69) is 39.9 Å². The zero-order valence-corrected chi connectivity index (χ0v) is 19.9. The fourth-order valence-electron chi connectivity index (χ4n) is 4.37. The summed E-state index contributed by atoms with van der Waals surface area (Å²) in [6.07, 6.45) is 3.52. The third-order valence-corrected chi connectivity index (χ3v) is 6.34. The lowest BCUT2D eigenvalue weighted by molar-refractivity contribution is 0.0955. The van der Waals surface area contributed by atoms with Gasteiger partial charge in [0, 0.05) is 46.5 Å². The van der Waals surface area contributed by atoms with Crippen LogP contribution >= 0.6 is 0 Å². The van der Waals surface area contributed by atoms with Gasteiger partial charge < -0.3 is 9.47 Å². The van der Waals surface area contributed by atoms with Gasteiger partial charge in [0.05, 0.1) is 11.8 Å². The molecular formula is C27H29FN4O. The van der Waals surface area contributed by atoms with Crippen LogP contribution in [-0.2, 0) is 0 Å². The number of allylic oxidation sites excluding steroid dienone is 1. The predicted octanol–water partition coefficient (Wildman–Crippen LogP) is 5.63. The van der Waals surface area contributed by atoms with E-state index < -0.39 is 0 Å². The molecule has 0 aliphatic carbocycles. The number of halogens is 1. The van der Waals surface area contributed by atoms with Crippen molar-refractivity contribution in [2.75, 3.05) is 11.9 Å². The molecule has 2 aromatic carbocycles. The molecule has 170 valence electrons. The van der Waals surface area contributed by atoms with Gasteiger partial charge in [0.25, 0.3) is 5.91 Å². The first-order valence-corrected chi connectivity index (χ1v) is 10.9. The molecule has 5 nitrogen and oxygen atoms in total. The summed E-state index contributed by atoms with van der Waals surface area (Å²) in [6, 6.07) is 14.7. The van der Waals surface area contributed by atoms with Crippen molar-refractivity contribution in [1.29, 1.82) is 0 Å². The van der Waals surface area contributed by atoms with Crippen LogP contribution in [0.5, 0.6) is 0 Å². The Morgan fingerprint density at radius 2 is 1.76 bits per heavy atom. The zero-order valence-electron chi connectivity index (χ0n) is 19.9. The Labute approximate surface area is 194 Å². The number of hydrogen-bond acceptors (Lipinski definition) is 3. The van der Waals surface area contributed by atoms with Crippen LogP contribution in [0.4, 0.5) is 10.1 Å². The highest BCUT2D eigenvalue weighted by molar-refractivity contribution is 5.95. The highest BCUT2D eigenvalue weighted by Gasteiger charge is 2.29. The third-order valence-electron chi connectivity index (χ3n) is 6.34. The number of carbonyl (C=O) groups excluding carboxylic acids is 1. The number of rotatable bonds is 4. The van der Waals surface area contributed by atoms with Gasteiger partial charge >= 0.3 is 0 Å². The lowest BCUT2D eigenvalue weighted by atomic mass is 9.88. The largest absolute Gasteiger partial charge is 0.365 e. The van der Waals surface area contributed by atoms with Crippen LogP contribution in [0.15, 0.2) is 59.7 Å². The lowest BCUT2D eigenvalue weighted by Gasteiger charge is -2.40. The normalized spacial score (nSPS) is 14.9. The first-order valence-electron chi connectivity index (χ1n) is 10.9. The van der Waals surface area contributed by atoms with Gasteiger partial charge in [-0.3, -0.25) is 4.79 Å². The average molecular weight is 445 g/mol. The number of hydrazone groups is 1. The second kappa shape index (κ2) is 8.35. The van der Waals surface area contributed by atoms with E-state index in [1.807, 2.05) is 58.2 Å². The maximum atomic E-state index is 14.8. The summed E-state index contributed by atoms with van der Waals surface area (Å²) in [6.45, 7) is 10.3. The number of anilines is 1. The molecular weight excluding hydrogens is 415 g/mol. The molecule has 4 rings (SSSR count). The number of fused-ring (bicyclic) bond motifs is 1. The van der Waals surface area contributed by atoms with Crippen LogP contribution in [0.3, 0.4) is 0 Å². The van der Waals surface area contributed by atoms with Crippen LogP contribution in [0.1, 0.15) is 53.6 Å². The molecule has 0 fully saturated rings. The first-order chi connectivity index (χ1) is 15.6. The predicted molar refractivity (Wildman–Crippen MR) is 133 cm³/mol. The molecule has 0 radical (unpaired) electrons. The molecule has 3 aromatic rings. The number of carbonyl (C=O) groups is 1. The first kappa shape index (κ1) is 22.5. The number of hydrogen-bond donors (Lipinski definition) is 1. The van der Waals surface area contributed by atoms with Crippen molar-refractivity contribution in [3.63, 3.8) is 0 Å². The smallest absolute Gasteiger partial charge is 0.271 e. The molecule has 1 N–H and O–H groups in total. The maximum absolute atomic E-state index is 14.8. The molecule has 1 aliphatic heterocycles. The van der Waals surface area contributed by atoms with E-state index in [-0.39, 0.29) is 17.3 Å². The number of likely N-dealkylation sites (N-methyl/N-ethyl adjacent to an activating group) is 1. The Morgan fingerprint density at radius 1 is 1.06 bits per heavy atom. The fraction of sp³-hybridized carbons (Fsp3) is 0.259. The van der Waals surface area contributed by atoms with Crippen molar-refractivity contribution < 1.29 is 9.18 Å². The Kier molecular flexibility index (Phi) is 5.70. The molecule has 0 unspecified atom stereocenters. The summed E-state index contributed by atoms with van der Waals surface area (Å²) in [4.78, 5) is 14.7. The summed E-state index contributed by atoms with van der Waals surface area (Å²) >= 11 is 0. The Balaban J connectivity index is 1.54. The number of nitrogens with one attached hydrogen (secondary N) is 1. The molecule has 2 heterocycles. The number of amides is 1.